The van der Waals surface area contributed by atoms with Gasteiger partial charge in [0.25, 0.3) is 0 Å². The summed E-state index contributed by atoms with van der Waals surface area (Å²) in [6.07, 6.45) is 1.80. The quantitative estimate of drug-likeness (QED) is 0.835. The highest BCUT2D eigenvalue weighted by Gasteiger charge is 2.17. The lowest BCUT2D eigenvalue weighted by Gasteiger charge is -2.16. The van der Waals surface area contributed by atoms with Crippen LogP contribution in [0.25, 0.3) is 0 Å². The summed E-state index contributed by atoms with van der Waals surface area (Å²) in [6, 6.07) is 8.37. The molecule has 2 aromatic rings. The Labute approximate surface area is 139 Å². The van der Waals surface area contributed by atoms with E-state index in [9.17, 15) is 0 Å². The Morgan fingerprint density at radius 2 is 2.14 bits per heavy atom. The average Bonchev–Trinajstić information content (AvgIpc) is 2.74. The van der Waals surface area contributed by atoms with Crippen LogP contribution in [0.4, 0.5) is 0 Å². The van der Waals surface area contributed by atoms with Crippen molar-refractivity contribution < 1.29 is 0 Å². The van der Waals surface area contributed by atoms with Gasteiger partial charge in [0.1, 0.15) is 0 Å². The summed E-state index contributed by atoms with van der Waals surface area (Å²) in [4.78, 5) is 0. The first kappa shape index (κ1) is 16.5. The molecule has 0 fully saturated rings. The van der Waals surface area contributed by atoms with Crippen molar-refractivity contribution >= 4 is 27.5 Å². The van der Waals surface area contributed by atoms with Crippen molar-refractivity contribution in [1.82, 2.24) is 9.78 Å². The first-order chi connectivity index (χ1) is 10.0. The number of aromatic nitrogens is 2. The topological polar surface area (TPSA) is 43.8 Å². The molecule has 2 rings (SSSR count). The smallest absolute Gasteiger partial charge is 0.0847 e. The van der Waals surface area contributed by atoms with Gasteiger partial charge in [-0.15, -0.1) is 0 Å². The van der Waals surface area contributed by atoms with Crippen molar-refractivity contribution in [2.24, 2.45) is 11.7 Å². The minimum absolute atomic E-state index is 0.359. The van der Waals surface area contributed by atoms with E-state index < -0.39 is 0 Å². The van der Waals surface area contributed by atoms with Gasteiger partial charge < -0.3 is 5.73 Å². The second-order valence-corrected chi connectivity index (χ2v) is 6.60. The Balaban J connectivity index is 2.16. The van der Waals surface area contributed by atoms with E-state index in [1.165, 1.54) is 5.56 Å². The van der Waals surface area contributed by atoms with E-state index in [2.05, 4.69) is 46.2 Å². The molecule has 1 unspecified atom stereocenters. The lowest BCUT2D eigenvalue weighted by molar-refractivity contribution is 0.499. The lowest BCUT2D eigenvalue weighted by atomic mass is 9.94. The molecule has 21 heavy (non-hydrogen) atoms. The Morgan fingerprint density at radius 3 is 2.76 bits per heavy atom. The first-order valence-corrected chi connectivity index (χ1v) is 8.38. The van der Waals surface area contributed by atoms with Crippen molar-refractivity contribution in [1.29, 1.82) is 0 Å². The van der Waals surface area contributed by atoms with Crippen LogP contribution in [-0.2, 0) is 19.4 Å². The summed E-state index contributed by atoms with van der Waals surface area (Å²) in [5.41, 5.74) is 9.25. The summed E-state index contributed by atoms with van der Waals surface area (Å²) in [6.45, 7) is 5.50. The van der Waals surface area contributed by atoms with E-state index >= 15 is 0 Å². The van der Waals surface area contributed by atoms with E-state index in [1.807, 2.05) is 17.7 Å². The monoisotopic (exact) mass is 369 g/mol. The molecule has 3 nitrogen and oxygen atoms in total. The van der Waals surface area contributed by atoms with Gasteiger partial charge >= 0.3 is 0 Å². The van der Waals surface area contributed by atoms with Crippen molar-refractivity contribution in [2.75, 3.05) is 6.54 Å². The highest BCUT2D eigenvalue weighted by atomic mass is 79.9. The van der Waals surface area contributed by atoms with Gasteiger partial charge in [0, 0.05) is 11.0 Å². The van der Waals surface area contributed by atoms with Crippen LogP contribution in [0.2, 0.25) is 5.02 Å². The number of hydrogen-bond acceptors (Lipinski definition) is 2. The fourth-order valence-corrected chi connectivity index (χ4v) is 3.23. The molecular formula is C16H21BrClN3. The van der Waals surface area contributed by atoms with Crippen LogP contribution in [0.15, 0.2) is 28.7 Å². The molecule has 0 bridgehead atoms. The first-order valence-electron chi connectivity index (χ1n) is 7.21. The third-order valence-electron chi connectivity index (χ3n) is 3.68. The van der Waals surface area contributed by atoms with E-state index in [-0.39, 0.29) is 0 Å². The number of benzene rings is 1. The van der Waals surface area contributed by atoms with Crippen molar-refractivity contribution in [3.8, 4) is 0 Å². The number of nitrogens with two attached hydrogens (primary N) is 1. The third kappa shape index (κ3) is 4.09. The predicted octanol–water partition coefficient (Wildman–Crippen LogP) is 3.99. The third-order valence-corrected chi connectivity index (χ3v) is 4.67. The molecule has 0 amide bonds. The van der Waals surface area contributed by atoms with Gasteiger partial charge in [0.2, 0.25) is 0 Å². The zero-order chi connectivity index (χ0) is 15.4. The van der Waals surface area contributed by atoms with Gasteiger partial charge in [0.15, 0.2) is 0 Å². The highest BCUT2D eigenvalue weighted by molar-refractivity contribution is 9.10. The molecule has 2 N–H and O–H groups in total. The Hall–Kier alpha value is -0.840. The molecule has 0 aliphatic heterocycles. The summed E-state index contributed by atoms with van der Waals surface area (Å²) in [5.74, 6) is 0.359. The number of hydrogen-bond donors (Lipinski definition) is 1. The minimum Gasteiger partial charge on any atom is -0.330 e. The van der Waals surface area contributed by atoms with Crippen LogP contribution in [0.5, 0.6) is 0 Å². The fraction of sp³-hybridized carbons (Fsp3) is 0.438. The van der Waals surface area contributed by atoms with Crippen LogP contribution < -0.4 is 5.73 Å². The molecule has 0 radical (unpaired) electrons. The van der Waals surface area contributed by atoms with Gasteiger partial charge in [-0.25, -0.2) is 0 Å². The number of aryl methyl sites for hydroxylation is 2. The molecule has 0 aliphatic rings. The zero-order valence-electron chi connectivity index (χ0n) is 12.4. The Morgan fingerprint density at radius 1 is 1.38 bits per heavy atom. The van der Waals surface area contributed by atoms with Gasteiger partial charge in [-0.3, -0.25) is 4.68 Å². The molecule has 1 aromatic carbocycles. The SMILES string of the molecule is CCn1nc(C)c(Cl)c1CC(CN)Cc1cccc(Br)c1. The van der Waals surface area contributed by atoms with E-state index in [1.54, 1.807) is 0 Å². The van der Waals surface area contributed by atoms with Crippen LogP contribution in [0.3, 0.4) is 0 Å². The maximum absolute atomic E-state index is 6.39. The molecule has 0 saturated carbocycles. The molecule has 114 valence electrons. The van der Waals surface area contributed by atoms with Gasteiger partial charge in [-0.05, 0) is 56.8 Å². The summed E-state index contributed by atoms with van der Waals surface area (Å²) >= 11 is 9.90. The van der Waals surface area contributed by atoms with Gasteiger partial charge in [0.05, 0.1) is 16.4 Å². The number of rotatable bonds is 6. The molecule has 1 aromatic heterocycles. The Kier molecular flexibility index (Phi) is 5.85. The van der Waals surface area contributed by atoms with E-state index in [0.29, 0.717) is 12.5 Å². The number of nitrogens with zero attached hydrogens (tertiary/aromatic N) is 2. The molecule has 0 aliphatic carbocycles. The van der Waals surface area contributed by atoms with Crippen LogP contribution in [0, 0.1) is 12.8 Å². The van der Waals surface area contributed by atoms with Gasteiger partial charge in [-0.1, -0.05) is 39.7 Å². The van der Waals surface area contributed by atoms with Crippen molar-refractivity contribution in [3.05, 3.63) is 50.7 Å². The largest absolute Gasteiger partial charge is 0.330 e. The maximum atomic E-state index is 6.39. The summed E-state index contributed by atoms with van der Waals surface area (Å²) in [7, 11) is 0. The van der Waals surface area contributed by atoms with E-state index in [4.69, 9.17) is 17.3 Å². The standard InChI is InChI=1S/C16H21BrClN3/c1-3-21-15(16(18)11(2)20-21)9-13(10-19)7-12-5-4-6-14(17)8-12/h4-6,8,13H,3,7,9-10,19H2,1-2H3. The second kappa shape index (κ2) is 7.43. The zero-order valence-corrected chi connectivity index (χ0v) is 14.8. The van der Waals surface area contributed by atoms with Crippen LogP contribution in [0.1, 0.15) is 23.9 Å². The predicted molar refractivity (Wildman–Crippen MR) is 91.7 cm³/mol. The normalized spacial score (nSPS) is 12.6. The molecule has 1 atom stereocenters. The molecular weight excluding hydrogens is 350 g/mol. The summed E-state index contributed by atoms with van der Waals surface area (Å²) < 4.78 is 3.09. The molecule has 1 heterocycles. The lowest BCUT2D eigenvalue weighted by Crippen LogP contribution is -2.21. The Bertz CT molecular complexity index is 610. The highest BCUT2D eigenvalue weighted by Crippen LogP contribution is 2.24. The van der Waals surface area contributed by atoms with Gasteiger partial charge in [-0.2, -0.15) is 5.10 Å². The van der Waals surface area contributed by atoms with Crippen LogP contribution >= 0.6 is 27.5 Å². The van der Waals surface area contributed by atoms with Crippen molar-refractivity contribution in [3.63, 3.8) is 0 Å². The fourth-order valence-electron chi connectivity index (χ4n) is 2.57. The molecule has 0 saturated heterocycles. The number of halogens is 2. The van der Waals surface area contributed by atoms with Crippen molar-refractivity contribution in [2.45, 2.75) is 33.2 Å². The summed E-state index contributed by atoms with van der Waals surface area (Å²) in [5, 5.41) is 5.26. The van der Waals surface area contributed by atoms with E-state index in [0.717, 1.165) is 40.3 Å². The molecule has 0 spiro atoms. The minimum atomic E-state index is 0.359. The maximum Gasteiger partial charge on any atom is 0.0847 e. The van der Waals surface area contributed by atoms with Crippen LogP contribution in [-0.4, -0.2) is 16.3 Å². The molecule has 5 heteroatoms. The average molecular weight is 371 g/mol. The second-order valence-electron chi connectivity index (χ2n) is 5.30.